The molecule has 1 aliphatic rings. The fraction of sp³-hybridized carbons (Fsp3) is 0.667. The molecule has 0 atom stereocenters. The number of carbonyl (C=O) groups is 1. The second kappa shape index (κ2) is 6.28. The average molecular weight is 250 g/mol. The number of aliphatic imine (C=N–C) groups is 1. The highest BCUT2D eigenvalue weighted by atomic mass is 16.5. The second-order valence-corrected chi connectivity index (χ2v) is 4.34. The summed E-state index contributed by atoms with van der Waals surface area (Å²) in [6.45, 7) is 2.43. The quantitative estimate of drug-likeness (QED) is 0.596. The van der Waals surface area contributed by atoms with Crippen LogP contribution in [0.5, 0.6) is 0 Å². The molecule has 0 spiro atoms. The molecule has 0 aromatic carbocycles. The third-order valence-corrected chi connectivity index (χ3v) is 3.07. The van der Waals surface area contributed by atoms with Crippen molar-refractivity contribution in [3.05, 3.63) is 12.7 Å². The lowest BCUT2D eigenvalue weighted by Crippen LogP contribution is -2.23. The van der Waals surface area contributed by atoms with Gasteiger partial charge in [-0.25, -0.2) is 9.78 Å². The number of nitrogens with zero attached hydrogens (tertiary/aromatic N) is 4. The maximum absolute atomic E-state index is 11.8. The van der Waals surface area contributed by atoms with Gasteiger partial charge < -0.3 is 4.74 Å². The van der Waals surface area contributed by atoms with E-state index in [1.807, 2.05) is 6.92 Å². The highest BCUT2D eigenvalue weighted by Gasteiger charge is 2.22. The summed E-state index contributed by atoms with van der Waals surface area (Å²) in [5.74, 6) is 0.823. The van der Waals surface area contributed by atoms with Crippen LogP contribution >= 0.6 is 0 Å². The van der Waals surface area contributed by atoms with Crippen LogP contribution in [0.25, 0.3) is 0 Å². The molecule has 2 rings (SSSR count). The van der Waals surface area contributed by atoms with Gasteiger partial charge in [0.15, 0.2) is 5.90 Å². The van der Waals surface area contributed by atoms with Crippen molar-refractivity contribution in [3.8, 4) is 0 Å². The smallest absolute Gasteiger partial charge is 0.372 e. The van der Waals surface area contributed by atoms with Crippen LogP contribution in [0, 0.1) is 5.92 Å². The molecule has 1 aromatic heterocycles. The Morgan fingerprint density at radius 1 is 1.44 bits per heavy atom. The number of hydrogen-bond acceptors (Lipinski definition) is 4. The van der Waals surface area contributed by atoms with Gasteiger partial charge in [0.25, 0.3) is 0 Å². The van der Waals surface area contributed by atoms with Crippen LogP contribution < -0.4 is 0 Å². The van der Waals surface area contributed by atoms with E-state index in [1.54, 1.807) is 0 Å². The standard InChI is InChI=1S/C12H18N4O2/c1-2-18-11(10-6-4-3-5-7-10)15-12(17)16-9-13-8-14-16/h8-10H,2-7H2,1H3/b15-11-. The van der Waals surface area contributed by atoms with E-state index in [9.17, 15) is 4.79 Å². The van der Waals surface area contributed by atoms with Gasteiger partial charge in [-0.3, -0.25) is 0 Å². The highest BCUT2D eigenvalue weighted by Crippen LogP contribution is 2.25. The molecule has 0 unspecified atom stereocenters. The first-order valence-corrected chi connectivity index (χ1v) is 6.41. The lowest BCUT2D eigenvalue weighted by molar-refractivity contribution is 0.243. The van der Waals surface area contributed by atoms with E-state index in [-0.39, 0.29) is 5.92 Å². The molecule has 1 aliphatic carbocycles. The van der Waals surface area contributed by atoms with Crippen LogP contribution in [0.1, 0.15) is 39.0 Å². The van der Waals surface area contributed by atoms with Crippen LogP contribution in [0.2, 0.25) is 0 Å². The number of carbonyl (C=O) groups excluding carboxylic acids is 1. The summed E-state index contributed by atoms with van der Waals surface area (Å²) in [5, 5.41) is 3.77. The molecule has 0 N–H and O–H groups in total. The number of rotatable bonds is 2. The summed E-state index contributed by atoms with van der Waals surface area (Å²) in [4.78, 5) is 19.6. The molecule has 0 saturated heterocycles. The molecular formula is C12H18N4O2. The number of aromatic nitrogens is 3. The first-order chi connectivity index (χ1) is 8.81. The highest BCUT2D eigenvalue weighted by molar-refractivity contribution is 5.92. The van der Waals surface area contributed by atoms with Gasteiger partial charge in [-0.15, -0.1) is 0 Å². The summed E-state index contributed by atoms with van der Waals surface area (Å²) in [5.41, 5.74) is 0. The predicted molar refractivity (Wildman–Crippen MR) is 66.5 cm³/mol. The van der Waals surface area contributed by atoms with Gasteiger partial charge in [0, 0.05) is 5.92 Å². The monoisotopic (exact) mass is 250 g/mol. The van der Waals surface area contributed by atoms with Crippen LogP contribution in [-0.4, -0.2) is 33.3 Å². The Morgan fingerprint density at radius 3 is 2.83 bits per heavy atom. The summed E-state index contributed by atoms with van der Waals surface area (Å²) >= 11 is 0. The Kier molecular flexibility index (Phi) is 4.44. The first kappa shape index (κ1) is 12.7. The Bertz CT molecular complexity index is 408. The molecule has 0 bridgehead atoms. The molecule has 0 radical (unpaired) electrons. The van der Waals surface area contributed by atoms with Gasteiger partial charge in [-0.2, -0.15) is 14.8 Å². The Labute approximate surface area is 106 Å². The Balaban J connectivity index is 2.10. The Hall–Kier alpha value is -1.72. The zero-order valence-corrected chi connectivity index (χ0v) is 10.6. The first-order valence-electron chi connectivity index (χ1n) is 6.41. The van der Waals surface area contributed by atoms with Gasteiger partial charge in [0.2, 0.25) is 0 Å². The summed E-state index contributed by atoms with van der Waals surface area (Å²) in [6.07, 6.45) is 8.35. The van der Waals surface area contributed by atoms with Crippen molar-refractivity contribution >= 4 is 11.9 Å². The van der Waals surface area contributed by atoms with E-state index in [2.05, 4.69) is 15.1 Å². The molecule has 1 aromatic rings. The van der Waals surface area contributed by atoms with Gasteiger partial charge in [-0.1, -0.05) is 19.3 Å². The zero-order chi connectivity index (χ0) is 12.8. The SMILES string of the molecule is CCO/C(=N\C(=O)n1cncn1)C1CCCCC1. The maximum Gasteiger partial charge on any atom is 0.372 e. The van der Waals surface area contributed by atoms with Crippen molar-refractivity contribution in [3.63, 3.8) is 0 Å². The van der Waals surface area contributed by atoms with Crippen molar-refractivity contribution in [2.75, 3.05) is 6.61 Å². The molecule has 98 valence electrons. The third-order valence-electron chi connectivity index (χ3n) is 3.07. The fourth-order valence-corrected chi connectivity index (χ4v) is 2.19. The van der Waals surface area contributed by atoms with Gasteiger partial charge >= 0.3 is 6.03 Å². The van der Waals surface area contributed by atoms with Crippen LogP contribution in [-0.2, 0) is 4.74 Å². The minimum Gasteiger partial charge on any atom is -0.481 e. The molecular weight excluding hydrogens is 232 g/mol. The van der Waals surface area contributed by atoms with Gasteiger partial charge in [0.05, 0.1) is 6.61 Å². The molecule has 1 amide bonds. The molecule has 18 heavy (non-hydrogen) atoms. The van der Waals surface area contributed by atoms with E-state index < -0.39 is 6.03 Å². The maximum atomic E-state index is 11.8. The molecule has 6 nitrogen and oxygen atoms in total. The third kappa shape index (κ3) is 3.15. The van der Waals surface area contributed by atoms with E-state index in [0.29, 0.717) is 12.5 Å². The molecule has 0 aliphatic heterocycles. The minimum absolute atomic E-state index is 0.270. The minimum atomic E-state index is -0.443. The van der Waals surface area contributed by atoms with Crippen LogP contribution in [0.3, 0.4) is 0 Å². The van der Waals surface area contributed by atoms with E-state index in [4.69, 9.17) is 4.74 Å². The summed E-state index contributed by atoms with van der Waals surface area (Å²) < 4.78 is 6.63. The summed E-state index contributed by atoms with van der Waals surface area (Å²) in [7, 11) is 0. The van der Waals surface area contributed by atoms with Gasteiger partial charge in [-0.05, 0) is 19.8 Å². The fourth-order valence-electron chi connectivity index (χ4n) is 2.19. The van der Waals surface area contributed by atoms with E-state index in [0.717, 1.165) is 17.5 Å². The number of hydrogen-bond donors (Lipinski definition) is 0. The zero-order valence-electron chi connectivity index (χ0n) is 10.6. The van der Waals surface area contributed by atoms with Crippen molar-refractivity contribution < 1.29 is 9.53 Å². The normalized spacial score (nSPS) is 17.7. The van der Waals surface area contributed by atoms with E-state index >= 15 is 0 Å². The average Bonchev–Trinajstić information content (AvgIpc) is 2.93. The molecule has 1 saturated carbocycles. The Morgan fingerprint density at radius 2 is 2.22 bits per heavy atom. The summed E-state index contributed by atoms with van der Waals surface area (Å²) in [6, 6.07) is -0.443. The van der Waals surface area contributed by atoms with Crippen molar-refractivity contribution in [2.45, 2.75) is 39.0 Å². The number of amides is 1. The van der Waals surface area contributed by atoms with Crippen molar-refractivity contribution in [2.24, 2.45) is 10.9 Å². The second-order valence-electron chi connectivity index (χ2n) is 4.34. The number of ether oxygens (including phenoxy) is 1. The van der Waals surface area contributed by atoms with Gasteiger partial charge in [0.1, 0.15) is 12.7 Å². The van der Waals surface area contributed by atoms with Crippen LogP contribution in [0.15, 0.2) is 17.6 Å². The largest absolute Gasteiger partial charge is 0.481 e. The lowest BCUT2D eigenvalue weighted by Gasteiger charge is -2.22. The molecule has 1 heterocycles. The van der Waals surface area contributed by atoms with Crippen molar-refractivity contribution in [1.29, 1.82) is 0 Å². The van der Waals surface area contributed by atoms with Crippen molar-refractivity contribution in [1.82, 2.24) is 14.8 Å². The topological polar surface area (TPSA) is 69.4 Å². The molecule has 1 fully saturated rings. The van der Waals surface area contributed by atoms with E-state index in [1.165, 1.54) is 31.9 Å². The molecule has 6 heteroatoms. The lowest BCUT2D eigenvalue weighted by atomic mass is 9.89. The predicted octanol–water partition coefficient (Wildman–Crippen LogP) is 2.26. The van der Waals surface area contributed by atoms with Crippen LogP contribution in [0.4, 0.5) is 4.79 Å².